The molecule has 0 saturated heterocycles. The lowest BCUT2D eigenvalue weighted by atomic mass is 10.0. The van der Waals surface area contributed by atoms with Crippen LogP contribution in [0, 0.1) is 11.8 Å². The van der Waals surface area contributed by atoms with Crippen LogP contribution >= 0.6 is 0 Å². The maximum atomic E-state index is 11.8. The van der Waals surface area contributed by atoms with Gasteiger partial charge in [0, 0.05) is 6.42 Å². The van der Waals surface area contributed by atoms with E-state index in [1.54, 1.807) is 0 Å². The Labute approximate surface area is 279 Å². The number of carbonyl (C=O) groups is 1. The molecule has 0 aliphatic rings. The third-order valence-corrected chi connectivity index (χ3v) is 9.60. The van der Waals surface area contributed by atoms with Gasteiger partial charge in [-0.3, -0.25) is 4.79 Å². The Morgan fingerprint density at radius 3 is 0.841 bits per heavy atom. The van der Waals surface area contributed by atoms with Crippen LogP contribution < -0.4 is 0 Å². The zero-order valence-electron chi connectivity index (χ0n) is 31.2. The van der Waals surface area contributed by atoms with Gasteiger partial charge in [-0.2, -0.15) is 0 Å². The molecule has 0 aromatic rings. The number of unbranched alkanes of at least 4 members (excludes halogenated alkanes) is 29. The van der Waals surface area contributed by atoms with Crippen molar-refractivity contribution < 1.29 is 9.53 Å². The molecule has 0 saturated carbocycles. The van der Waals surface area contributed by atoms with E-state index in [4.69, 9.17) is 4.74 Å². The summed E-state index contributed by atoms with van der Waals surface area (Å²) < 4.78 is 5.40. The monoisotopic (exact) mass is 621 g/mol. The van der Waals surface area contributed by atoms with Crippen molar-refractivity contribution in [3.8, 4) is 0 Å². The second kappa shape index (κ2) is 36.9. The van der Waals surface area contributed by atoms with Crippen molar-refractivity contribution >= 4 is 5.97 Å². The van der Waals surface area contributed by atoms with Gasteiger partial charge in [0.15, 0.2) is 0 Å². The summed E-state index contributed by atoms with van der Waals surface area (Å²) in [6.45, 7) is 9.85. The fraction of sp³-hybridized carbons (Fsp3) is 0.976. The second-order valence-corrected chi connectivity index (χ2v) is 15.3. The van der Waals surface area contributed by atoms with Gasteiger partial charge in [-0.25, -0.2) is 0 Å². The summed E-state index contributed by atoms with van der Waals surface area (Å²) in [6.07, 6.45) is 46.6. The maximum Gasteiger partial charge on any atom is 0.305 e. The minimum atomic E-state index is 0.0137. The average molecular weight is 621 g/mol. The van der Waals surface area contributed by atoms with Crippen LogP contribution in [-0.4, -0.2) is 12.6 Å². The van der Waals surface area contributed by atoms with E-state index in [-0.39, 0.29) is 5.97 Å². The fourth-order valence-electron chi connectivity index (χ4n) is 6.51. The zero-order valence-corrected chi connectivity index (χ0v) is 31.2. The summed E-state index contributed by atoms with van der Waals surface area (Å²) in [5.41, 5.74) is 0. The second-order valence-electron chi connectivity index (χ2n) is 15.3. The Kier molecular flexibility index (Phi) is 36.5. The number of esters is 1. The first-order chi connectivity index (χ1) is 21.5. The quantitative estimate of drug-likeness (QED) is 0.0510. The lowest BCUT2D eigenvalue weighted by molar-refractivity contribution is -0.143. The van der Waals surface area contributed by atoms with Crippen LogP contribution in [0.5, 0.6) is 0 Å². The minimum Gasteiger partial charge on any atom is -0.466 e. The van der Waals surface area contributed by atoms with Crippen LogP contribution in [0.2, 0.25) is 0 Å². The van der Waals surface area contributed by atoms with Gasteiger partial charge in [0.25, 0.3) is 0 Å². The topological polar surface area (TPSA) is 26.3 Å². The van der Waals surface area contributed by atoms with Crippen molar-refractivity contribution in [2.45, 2.75) is 246 Å². The molecule has 0 fully saturated rings. The molecule has 2 nitrogen and oxygen atoms in total. The van der Waals surface area contributed by atoms with Gasteiger partial charge >= 0.3 is 5.97 Å². The summed E-state index contributed by atoms with van der Waals surface area (Å²) in [5, 5.41) is 0. The van der Waals surface area contributed by atoms with Gasteiger partial charge in [-0.15, -0.1) is 0 Å². The zero-order chi connectivity index (χ0) is 32.2. The van der Waals surface area contributed by atoms with Gasteiger partial charge in [0.1, 0.15) is 0 Å². The van der Waals surface area contributed by atoms with Gasteiger partial charge < -0.3 is 4.74 Å². The van der Waals surface area contributed by atoms with Gasteiger partial charge in [-0.05, 0) is 24.7 Å². The van der Waals surface area contributed by atoms with Crippen molar-refractivity contribution in [2.75, 3.05) is 6.61 Å². The van der Waals surface area contributed by atoms with Crippen LogP contribution in [0.3, 0.4) is 0 Å². The van der Waals surface area contributed by atoms with Crippen LogP contribution in [0.4, 0.5) is 0 Å². The average Bonchev–Trinajstić information content (AvgIpc) is 2.99. The Balaban J connectivity index is 3.10. The Hall–Kier alpha value is -0.530. The molecule has 0 aliphatic heterocycles. The normalized spacial score (nSPS) is 11.7. The van der Waals surface area contributed by atoms with Crippen molar-refractivity contribution in [2.24, 2.45) is 11.8 Å². The number of carbonyl (C=O) groups excluding carboxylic acids is 1. The largest absolute Gasteiger partial charge is 0.466 e. The molecular formula is C42H84O2. The number of rotatable bonds is 37. The highest BCUT2D eigenvalue weighted by molar-refractivity contribution is 5.69. The standard InChI is InChI=1S/C42H84O2/c1-40(2)36-32-29-27-25-23-21-19-17-15-13-11-9-7-5-6-8-10-12-14-16-18-20-22-24-26-28-30-35-39-44-42(43)38-34-31-33-37-41(3)4/h40-41H,5-39H2,1-4H3. The van der Waals surface area contributed by atoms with E-state index in [1.807, 2.05) is 0 Å². The highest BCUT2D eigenvalue weighted by Crippen LogP contribution is 2.17. The van der Waals surface area contributed by atoms with Crippen molar-refractivity contribution in [1.82, 2.24) is 0 Å². The highest BCUT2D eigenvalue weighted by Gasteiger charge is 2.03. The summed E-state index contributed by atoms with van der Waals surface area (Å²) in [5.74, 6) is 1.68. The molecule has 264 valence electrons. The van der Waals surface area contributed by atoms with E-state index in [2.05, 4.69) is 27.7 Å². The molecule has 0 aromatic heterocycles. The SMILES string of the molecule is CC(C)CCCCCCCCCCCCCCCCCCCCCCCCCCCCCCOC(=O)CCCCCC(C)C. The van der Waals surface area contributed by atoms with E-state index in [1.165, 1.54) is 193 Å². The van der Waals surface area contributed by atoms with Crippen molar-refractivity contribution in [1.29, 1.82) is 0 Å². The van der Waals surface area contributed by atoms with Gasteiger partial charge in [0.05, 0.1) is 6.61 Å². The lowest BCUT2D eigenvalue weighted by Crippen LogP contribution is -2.05. The molecule has 2 heteroatoms. The van der Waals surface area contributed by atoms with Crippen LogP contribution in [0.15, 0.2) is 0 Å². The smallest absolute Gasteiger partial charge is 0.305 e. The molecule has 0 heterocycles. The van der Waals surface area contributed by atoms with Crippen LogP contribution in [0.25, 0.3) is 0 Å². The fourth-order valence-corrected chi connectivity index (χ4v) is 6.51. The van der Waals surface area contributed by atoms with E-state index in [0.717, 1.165) is 31.1 Å². The van der Waals surface area contributed by atoms with Gasteiger partial charge in [-0.1, -0.05) is 227 Å². The Morgan fingerprint density at radius 2 is 0.568 bits per heavy atom. The van der Waals surface area contributed by atoms with E-state index in [9.17, 15) is 4.79 Å². The molecule has 0 unspecified atom stereocenters. The lowest BCUT2D eigenvalue weighted by Gasteiger charge is -2.06. The van der Waals surface area contributed by atoms with Crippen molar-refractivity contribution in [3.05, 3.63) is 0 Å². The maximum absolute atomic E-state index is 11.8. The molecule has 0 aliphatic carbocycles. The van der Waals surface area contributed by atoms with E-state index < -0.39 is 0 Å². The predicted octanol–water partition coefficient (Wildman–Crippen LogP) is 15.1. The third kappa shape index (κ3) is 39.5. The first-order valence-electron chi connectivity index (χ1n) is 20.7. The minimum absolute atomic E-state index is 0.0137. The molecular weight excluding hydrogens is 536 g/mol. The number of hydrogen-bond donors (Lipinski definition) is 0. The first kappa shape index (κ1) is 43.5. The molecule has 0 N–H and O–H groups in total. The Morgan fingerprint density at radius 1 is 0.341 bits per heavy atom. The van der Waals surface area contributed by atoms with Gasteiger partial charge in [0.2, 0.25) is 0 Å². The highest BCUT2D eigenvalue weighted by atomic mass is 16.5. The summed E-state index contributed by atoms with van der Waals surface area (Å²) >= 11 is 0. The molecule has 0 spiro atoms. The molecule has 0 radical (unpaired) electrons. The third-order valence-electron chi connectivity index (χ3n) is 9.60. The summed E-state index contributed by atoms with van der Waals surface area (Å²) in [4.78, 5) is 11.8. The van der Waals surface area contributed by atoms with Crippen LogP contribution in [-0.2, 0) is 9.53 Å². The van der Waals surface area contributed by atoms with Crippen molar-refractivity contribution in [3.63, 3.8) is 0 Å². The molecule has 0 aromatic carbocycles. The molecule has 44 heavy (non-hydrogen) atoms. The number of ether oxygens (including phenoxy) is 1. The predicted molar refractivity (Wildman–Crippen MR) is 198 cm³/mol. The van der Waals surface area contributed by atoms with E-state index >= 15 is 0 Å². The summed E-state index contributed by atoms with van der Waals surface area (Å²) in [7, 11) is 0. The number of hydrogen-bond acceptors (Lipinski definition) is 2. The Bertz CT molecular complexity index is 540. The van der Waals surface area contributed by atoms with E-state index in [0.29, 0.717) is 13.0 Å². The molecule has 0 bridgehead atoms. The molecule has 0 amide bonds. The molecule has 0 atom stereocenters. The molecule has 0 rings (SSSR count). The first-order valence-corrected chi connectivity index (χ1v) is 20.7. The van der Waals surface area contributed by atoms with Crippen LogP contribution in [0.1, 0.15) is 246 Å². The summed E-state index contributed by atoms with van der Waals surface area (Å²) in [6, 6.07) is 0.